The number of nitrogen functional groups attached to an aromatic ring is 1. The maximum Gasteiger partial charge on any atom is 0.239 e. The number of pyridine rings is 1. The van der Waals surface area contributed by atoms with Crippen LogP contribution in [0.4, 0.5) is 11.5 Å². The number of piperazine rings is 1. The van der Waals surface area contributed by atoms with Crippen molar-refractivity contribution in [2.24, 2.45) is 5.92 Å². The van der Waals surface area contributed by atoms with Crippen LogP contribution in [-0.4, -0.2) is 48.7 Å². The maximum absolute atomic E-state index is 5.97. The average molecular weight is 290 g/mol. The SMILES string of the molecule is CC(C)N1CCN(c2ccc(N)c(OCC3CC3)n2)CC1. The third kappa shape index (κ3) is 3.59. The van der Waals surface area contributed by atoms with Gasteiger partial charge in [0.1, 0.15) is 5.82 Å². The van der Waals surface area contributed by atoms with E-state index in [2.05, 4.69) is 28.6 Å². The summed E-state index contributed by atoms with van der Waals surface area (Å²) < 4.78 is 5.78. The van der Waals surface area contributed by atoms with E-state index in [9.17, 15) is 0 Å². The Labute approximate surface area is 127 Å². The molecule has 1 saturated heterocycles. The van der Waals surface area contributed by atoms with Gasteiger partial charge in [-0.05, 0) is 44.7 Å². The van der Waals surface area contributed by atoms with Gasteiger partial charge in [-0.25, -0.2) is 0 Å². The summed E-state index contributed by atoms with van der Waals surface area (Å²) in [6.07, 6.45) is 2.55. The lowest BCUT2D eigenvalue weighted by atomic mass is 10.2. The zero-order valence-electron chi connectivity index (χ0n) is 13.1. The lowest BCUT2D eigenvalue weighted by Gasteiger charge is -2.37. The van der Waals surface area contributed by atoms with Crippen molar-refractivity contribution in [1.29, 1.82) is 0 Å². The van der Waals surface area contributed by atoms with Crippen molar-refractivity contribution in [3.63, 3.8) is 0 Å². The van der Waals surface area contributed by atoms with Crippen LogP contribution in [0.1, 0.15) is 26.7 Å². The molecule has 1 aliphatic carbocycles. The quantitative estimate of drug-likeness (QED) is 0.898. The third-order valence-corrected chi connectivity index (χ3v) is 4.40. The minimum absolute atomic E-state index is 0.602. The zero-order chi connectivity index (χ0) is 14.8. The molecule has 21 heavy (non-hydrogen) atoms. The fraction of sp³-hybridized carbons (Fsp3) is 0.688. The highest BCUT2D eigenvalue weighted by Crippen LogP contribution is 2.31. The van der Waals surface area contributed by atoms with E-state index in [0.717, 1.165) is 38.6 Å². The number of ether oxygens (including phenoxy) is 1. The monoisotopic (exact) mass is 290 g/mol. The smallest absolute Gasteiger partial charge is 0.239 e. The van der Waals surface area contributed by atoms with E-state index in [4.69, 9.17) is 10.5 Å². The largest absolute Gasteiger partial charge is 0.476 e. The molecule has 0 radical (unpaired) electrons. The molecule has 2 fully saturated rings. The van der Waals surface area contributed by atoms with Gasteiger partial charge in [0.05, 0.1) is 12.3 Å². The average Bonchev–Trinajstić information content (AvgIpc) is 3.31. The van der Waals surface area contributed by atoms with Crippen molar-refractivity contribution in [3.8, 4) is 5.88 Å². The van der Waals surface area contributed by atoms with E-state index >= 15 is 0 Å². The van der Waals surface area contributed by atoms with Gasteiger partial charge in [0.2, 0.25) is 5.88 Å². The molecule has 116 valence electrons. The van der Waals surface area contributed by atoms with Crippen molar-refractivity contribution in [2.45, 2.75) is 32.7 Å². The number of hydrogen-bond acceptors (Lipinski definition) is 5. The van der Waals surface area contributed by atoms with E-state index in [1.54, 1.807) is 0 Å². The molecule has 3 rings (SSSR count). The predicted octanol–water partition coefficient (Wildman–Crippen LogP) is 1.98. The van der Waals surface area contributed by atoms with Crippen LogP contribution >= 0.6 is 0 Å². The maximum atomic E-state index is 5.97. The van der Waals surface area contributed by atoms with Crippen LogP contribution in [0.3, 0.4) is 0 Å². The van der Waals surface area contributed by atoms with Crippen LogP contribution in [0, 0.1) is 5.92 Å². The number of nitrogens with two attached hydrogens (primary N) is 1. The molecule has 1 saturated carbocycles. The van der Waals surface area contributed by atoms with E-state index < -0.39 is 0 Å². The lowest BCUT2D eigenvalue weighted by Crippen LogP contribution is -2.49. The molecule has 2 N–H and O–H groups in total. The summed E-state index contributed by atoms with van der Waals surface area (Å²) >= 11 is 0. The normalized spacial score (nSPS) is 20.0. The summed E-state index contributed by atoms with van der Waals surface area (Å²) in [5, 5.41) is 0. The molecule has 0 spiro atoms. The molecule has 5 heteroatoms. The van der Waals surface area contributed by atoms with E-state index in [1.165, 1.54) is 12.8 Å². The highest BCUT2D eigenvalue weighted by atomic mass is 16.5. The molecule has 1 aromatic heterocycles. The third-order valence-electron chi connectivity index (χ3n) is 4.40. The van der Waals surface area contributed by atoms with Gasteiger partial charge >= 0.3 is 0 Å². The van der Waals surface area contributed by atoms with Crippen LogP contribution in [0.2, 0.25) is 0 Å². The van der Waals surface area contributed by atoms with Crippen LogP contribution in [0.5, 0.6) is 5.88 Å². The first-order valence-electron chi connectivity index (χ1n) is 8.02. The Balaban J connectivity index is 1.63. The summed E-state index contributed by atoms with van der Waals surface area (Å²) in [5.41, 5.74) is 6.61. The lowest BCUT2D eigenvalue weighted by molar-refractivity contribution is 0.209. The van der Waals surface area contributed by atoms with Crippen LogP contribution < -0.4 is 15.4 Å². The van der Waals surface area contributed by atoms with Gasteiger partial charge in [-0.1, -0.05) is 0 Å². The van der Waals surface area contributed by atoms with Gasteiger partial charge in [0.15, 0.2) is 0 Å². The summed E-state index contributed by atoms with van der Waals surface area (Å²) in [7, 11) is 0. The van der Waals surface area contributed by atoms with Gasteiger partial charge < -0.3 is 15.4 Å². The van der Waals surface area contributed by atoms with Crippen LogP contribution in [0.25, 0.3) is 0 Å². The number of aromatic nitrogens is 1. The fourth-order valence-corrected chi connectivity index (χ4v) is 2.68. The molecular formula is C16H26N4O. The topological polar surface area (TPSA) is 54.6 Å². The minimum Gasteiger partial charge on any atom is -0.476 e. The van der Waals surface area contributed by atoms with E-state index in [-0.39, 0.29) is 0 Å². The molecule has 0 atom stereocenters. The first-order valence-corrected chi connectivity index (χ1v) is 8.02. The van der Waals surface area contributed by atoms with Gasteiger partial charge in [0, 0.05) is 32.2 Å². The second-order valence-corrected chi connectivity index (χ2v) is 6.43. The van der Waals surface area contributed by atoms with Crippen molar-refractivity contribution < 1.29 is 4.74 Å². The second-order valence-electron chi connectivity index (χ2n) is 6.43. The molecule has 1 aromatic rings. The molecule has 0 bridgehead atoms. The predicted molar refractivity (Wildman–Crippen MR) is 85.8 cm³/mol. The van der Waals surface area contributed by atoms with Gasteiger partial charge in [-0.2, -0.15) is 4.98 Å². The first-order chi connectivity index (χ1) is 10.1. The number of hydrogen-bond donors (Lipinski definition) is 1. The van der Waals surface area contributed by atoms with Crippen molar-refractivity contribution in [1.82, 2.24) is 9.88 Å². The Hall–Kier alpha value is -1.49. The number of anilines is 2. The molecule has 0 amide bonds. The number of rotatable bonds is 5. The fourth-order valence-electron chi connectivity index (χ4n) is 2.68. The van der Waals surface area contributed by atoms with Crippen LogP contribution in [-0.2, 0) is 0 Å². The Bertz CT molecular complexity index is 479. The van der Waals surface area contributed by atoms with Gasteiger partial charge in [-0.15, -0.1) is 0 Å². The van der Waals surface area contributed by atoms with Crippen molar-refractivity contribution in [3.05, 3.63) is 12.1 Å². The highest BCUT2D eigenvalue weighted by molar-refractivity contribution is 5.54. The Morgan fingerprint density at radius 1 is 1.24 bits per heavy atom. The van der Waals surface area contributed by atoms with Gasteiger partial charge in [-0.3, -0.25) is 4.90 Å². The summed E-state index contributed by atoms with van der Waals surface area (Å²) in [6.45, 7) is 9.45. The van der Waals surface area contributed by atoms with Crippen molar-refractivity contribution >= 4 is 11.5 Å². The number of nitrogens with zero attached hydrogens (tertiary/aromatic N) is 3. The van der Waals surface area contributed by atoms with Crippen LogP contribution in [0.15, 0.2) is 12.1 Å². The Kier molecular flexibility index (Phi) is 4.19. The molecule has 2 heterocycles. The minimum atomic E-state index is 0.602. The molecule has 2 aliphatic rings. The summed E-state index contributed by atoms with van der Waals surface area (Å²) in [6, 6.07) is 4.54. The Morgan fingerprint density at radius 3 is 2.57 bits per heavy atom. The Morgan fingerprint density at radius 2 is 1.95 bits per heavy atom. The zero-order valence-corrected chi connectivity index (χ0v) is 13.1. The summed E-state index contributed by atoms with van der Waals surface area (Å²) in [4.78, 5) is 9.45. The highest BCUT2D eigenvalue weighted by Gasteiger charge is 2.23. The molecule has 1 aliphatic heterocycles. The van der Waals surface area contributed by atoms with Crippen molar-refractivity contribution in [2.75, 3.05) is 43.4 Å². The first kappa shape index (κ1) is 14.4. The molecule has 5 nitrogen and oxygen atoms in total. The second kappa shape index (κ2) is 6.10. The molecule has 0 unspecified atom stereocenters. The standard InChI is InChI=1S/C16H26N4O/c1-12(2)19-7-9-20(10-8-19)15-6-5-14(17)16(18-15)21-11-13-3-4-13/h5-6,12-13H,3-4,7-11,17H2,1-2H3. The van der Waals surface area contributed by atoms with Gasteiger partial charge in [0.25, 0.3) is 0 Å². The van der Waals surface area contributed by atoms with E-state index in [0.29, 0.717) is 23.5 Å². The molecular weight excluding hydrogens is 264 g/mol. The van der Waals surface area contributed by atoms with E-state index in [1.807, 2.05) is 12.1 Å². The summed E-state index contributed by atoms with van der Waals surface area (Å²) in [5.74, 6) is 2.30. The molecule has 0 aromatic carbocycles.